The number of hydrogen-bond donors (Lipinski definition) is 7. The van der Waals surface area contributed by atoms with Gasteiger partial charge in [-0.25, -0.2) is 30.2 Å². The highest BCUT2D eigenvalue weighted by molar-refractivity contribution is 9.10. The van der Waals surface area contributed by atoms with Gasteiger partial charge in [-0.1, -0.05) is 72.8 Å². The number of hydrazine groups is 2. The Bertz CT molecular complexity index is 2760. The summed E-state index contributed by atoms with van der Waals surface area (Å²) >= 11 is 6.32. The molecule has 0 fully saturated rings. The third kappa shape index (κ3) is 21.3. The standard InChI is InChI=1S/C26H30BrF3N4O5.C14H17F3N2O2.C12H15BrN2O4/c1-6-7-13-25(26(28,29)30,38-15-17-11-9-8-10-12-17)22(36)34-33-21(35)19-18(14-16(2)20(27)32-19)31-23(37)39-24(3,4)5;1-2-3-9-13(12(20)19-18,14(15,16)17)21-10-11-7-5-4-6-8-11;1-6-5-7(8(10(16)17)15-9(6)13)14-11(18)19-12(2,3)4/h6,8-12,14H,1,7,13,15H2,2-5H3,(H,31,37)(H,33,35)(H,34,36);2,4-8H,1,3,9-10,18H2,(H,19,20);5H,1-4H3,(H,14,18)(H,16,17)/t25-;13-;/m11./s1. The number of carboxylic acids is 1. The predicted molar refractivity (Wildman–Crippen MR) is 287 cm³/mol. The molecule has 0 spiro atoms. The number of alkyl halides is 6. The van der Waals surface area contributed by atoms with Crippen LogP contribution in [0, 0.1) is 13.8 Å². The van der Waals surface area contributed by atoms with Crippen LogP contribution < -0.4 is 32.8 Å². The van der Waals surface area contributed by atoms with E-state index < -0.39 is 95.8 Å². The van der Waals surface area contributed by atoms with Gasteiger partial charge >= 0.3 is 30.5 Å². The number of amides is 5. The number of ether oxygens (including phenoxy) is 4. The summed E-state index contributed by atoms with van der Waals surface area (Å²) in [7, 11) is 0. The van der Waals surface area contributed by atoms with Crippen molar-refractivity contribution in [3.8, 4) is 0 Å². The number of carbonyl (C=O) groups excluding carboxylic acids is 5. The van der Waals surface area contributed by atoms with Gasteiger partial charge in [0.25, 0.3) is 17.7 Å². The molecule has 0 aliphatic heterocycles. The van der Waals surface area contributed by atoms with Crippen LogP contribution in [0.4, 0.5) is 47.3 Å². The number of aromatic nitrogens is 2. The van der Waals surface area contributed by atoms with Crippen molar-refractivity contribution in [3.63, 3.8) is 0 Å². The predicted octanol–water partition coefficient (Wildman–Crippen LogP) is 11.4. The van der Waals surface area contributed by atoms with Crippen LogP contribution in [0.15, 0.2) is 107 Å². The van der Waals surface area contributed by atoms with E-state index in [4.69, 9.17) is 29.9 Å². The molecule has 2 aromatic heterocycles. The molecular formula is C52H62Br2F6N8O11. The van der Waals surface area contributed by atoms with Crippen LogP contribution in [0.5, 0.6) is 0 Å². The molecule has 2 atom stereocenters. The fourth-order valence-electron chi connectivity index (χ4n) is 6.31. The van der Waals surface area contributed by atoms with Crippen LogP contribution in [0.3, 0.4) is 0 Å². The van der Waals surface area contributed by atoms with Crippen molar-refractivity contribution in [3.05, 3.63) is 141 Å². The highest BCUT2D eigenvalue weighted by Gasteiger charge is 2.62. The summed E-state index contributed by atoms with van der Waals surface area (Å²) in [6, 6.07) is 19.2. The molecule has 19 nitrogen and oxygen atoms in total. The van der Waals surface area contributed by atoms with E-state index in [-0.39, 0.29) is 41.1 Å². The van der Waals surface area contributed by atoms with Gasteiger partial charge in [-0.3, -0.25) is 41.3 Å². The minimum atomic E-state index is -5.14. The minimum Gasteiger partial charge on any atom is -0.476 e. The van der Waals surface area contributed by atoms with E-state index in [1.54, 1.807) is 116 Å². The van der Waals surface area contributed by atoms with E-state index in [9.17, 15) is 55.1 Å². The van der Waals surface area contributed by atoms with Crippen LogP contribution in [-0.2, 0) is 41.8 Å². The van der Waals surface area contributed by atoms with Crippen LogP contribution in [0.2, 0.25) is 0 Å². The van der Waals surface area contributed by atoms with Crippen molar-refractivity contribution < 1.29 is 79.2 Å². The molecule has 79 heavy (non-hydrogen) atoms. The molecule has 0 saturated heterocycles. The van der Waals surface area contributed by atoms with Crippen molar-refractivity contribution in [1.82, 2.24) is 26.2 Å². The lowest BCUT2D eigenvalue weighted by molar-refractivity contribution is -0.273. The maximum Gasteiger partial charge on any atom is 0.426 e. The Hall–Kier alpha value is -6.94. The van der Waals surface area contributed by atoms with E-state index in [2.05, 4.69) is 65.6 Å². The van der Waals surface area contributed by atoms with Gasteiger partial charge in [0, 0.05) is 0 Å². The summed E-state index contributed by atoms with van der Waals surface area (Å²) in [4.78, 5) is 80.5. The molecule has 432 valence electrons. The largest absolute Gasteiger partial charge is 0.476 e. The van der Waals surface area contributed by atoms with E-state index in [0.717, 1.165) is 0 Å². The Balaban J connectivity index is 0.000000448. The lowest BCUT2D eigenvalue weighted by atomic mass is 9.95. The Kier molecular flexibility index (Phi) is 25.8. The first-order valence-corrected chi connectivity index (χ1v) is 25.1. The van der Waals surface area contributed by atoms with Crippen LogP contribution in [0.25, 0.3) is 0 Å². The van der Waals surface area contributed by atoms with Gasteiger partial charge in [-0.05, 0) is 147 Å². The third-order valence-electron chi connectivity index (χ3n) is 10.1. The molecular weight excluding hydrogens is 1190 g/mol. The van der Waals surface area contributed by atoms with E-state index in [0.29, 0.717) is 26.9 Å². The quantitative estimate of drug-likeness (QED) is 0.0122. The topological polar surface area (TPSA) is 272 Å². The Labute approximate surface area is 469 Å². The number of nitrogens with two attached hydrogens (primary N) is 1. The number of halogens is 8. The number of pyridine rings is 2. The molecule has 0 unspecified atom stereocenters. The number of carboxylic acid groups (broad SMARTS) is 1. The Morgan fingerprint density at radius 1 is 0.620 bits per heavy atom. The summed E-state index contributed by atoms with van der Waals surface area (Å²) in [5.41, 5.74) is -0.972. The van der Waals surface area contributed by atoms with Crippen molar-refractivity contribution in [2.45, 2.75) is 129 Å². The van der Waals surface area contributed by atoms with Gasteiger partial charge in [-0.2, -0.15) is 26.3 Å². The first-order chi connectivity index (χ1) is 36.6. The number of carbonyl (C=O) groups is 6. The number of aromatic carboxylic acids is 1. The second-order valence-corrected chi connectivity index (χ2v) is 20.3. The van der Waals surface area contributed by atoms with Crippen molar-refractivity contribution in [1.29, 1.82) is 0 Å². The number of nitrogens with one attached hydrogen (secondary N) is 5. The number of nitrogens with zero attached hydrogens (tertiary/aromatic N) is 2. The van der Waals surface area contributed by atoms with Crippen LogP contribution >= 0.6 is 31.9 Å². The monoisotopic (exact) mass is 1250 g/mol. The summed E-state index contributed by atoms with van der Waals surface area (Å²) in [6.45, 7) is 19.4. The van der Waals surface area contributed by atoms with E-state index >= 15 is 0 Å². The second kappa shape index (κ2) is 29.9. The molecule has 27 heteroatoms. The molecule has 0 bridgehead atoms. The molecule has 2 heterocycles. The number of anilines is 2. The normalized spacial score (nSPS) is 12.9. The highest BCUT2D eigenvalue weighted by Crippen LogP contribution is 2.40. The fraction of sp³-hybridized carbons (Fsp3) is 0.385. The average molecular weight is 1250 g/mol. The zero-order chi connectivity index (χ0) is 60.2. The summed E-state index contributed by atoms with van der Waals surface area (Å²) in [6.07, 6.45) is -10.8. The van der Waals surface area contributed by atoms with Gasteiger partial charge in [0.1, 0.15) is 20.4 Å². The van der Waals surface area contributed by atoms with Crippen molar-refractivity contribution in [2.24, 2.45) is 5.84 Å². The zero-order valence-electron chi connectivity index (χ0n) is 44.3. The Morgan fingerprint density at radius 2 is 0.987 bits per heavy atom. The maximum atomic E-state index is 14.3. The second-order valence-electron chi connectivity index (χ2n) is 18.8. The first kappa shape index (κ1) is 68.2. The zero-order valence-corrected chi connectivity index (χ0v) is 47.4. The van der Waals surface area contributed by atoms with Gasteiger partial charge in [0.15, 0.2) is 11.4 Å². The number of aryl methyl sites for hydroxylation is 2. The lowest BCUT2D eigenvalue weighted by Gasteiger charge is -2.34. The molecule has 0 aliphatic carbocycles. The summed E-state index contributed by atoms with van der Waals surface area (Å²) < 4.78 is 104. The number of benzene rings is 2. The molecule has 0 saturated carbocycles. The number of rotatable bonds is 18. The van der Waals surface area contributed by atoms with E-state index in [1.165, 1.54) is 29.7 Å². The number of allylic oxidation sites excluding steroid dienone is 2. The van der Waals surface area contributed by atoms with E-state index in [1.807, 2.05) is 10.9 Å². The third-order valence-corrected chi connectivity index (χ3v) is 11.7. The number of hydrogen-bond acceptors (Lipinski definition) is 13. The lowest BCUT2D eigenvalue weighted by Crippen LogP contribution is -2.61. The molecule has 4 rings (SSSR count). The molecule has 0 radical (unpaired) electrons. The summed E-state index contributed by atoms with van der Waals surface area (Å²) in [5, 5.41) is 13.8. The molecule has 4 aromatic rings. The van der Waals surface area contributed by atoms with Gasteiger partial charge in [0.2, 0.25) is 11.2 Å². The maximum absolute atomic E-state index is 14.3. The summed E-state index contributed by atoms with van der Waals surface area (Å²) in [5.74, 6) is -0.507. The minimum absolute atomic E-state index is 0.0400. The SMILES string of the molecule is C=CCC[C@@](OCc1ccccc1)(C(=O)NN)C(F)(F)F.C=CCC[C@@](OCc1ccccc1)(C(=O)NNC(=O)c1nc(Br)c(C)cc1NC(=O)OC(C)(C)C)C(F)(F)F.Cc1cc(NC(=O)OC(C)(C)C)c(C(=O)O)nc1Br. The van der Waals surface area contributed by atoms with Crippen molar-refractivity contribution >= 4 is 79.1 Å². The molecule has 2 aromatic carbocycles. The average Bonchev–Trinajstić information content (AvgIpc) is 3.34. The molecule has 5 amide bonds. The van der Waals surface area contributed by atoms with Crippen LogP contribution in [-0.4, -0.2) is 85.7 Å². The highest BCUT2D eigenvalue weighted by atomic mass is 79.9. The van der Waals surface area contributed by atoms with Gasteiger partial charge < -0.3 is 24.1 Å². The molecule has 0 aliphatic rings. The van der Waals surface area contributed by atoms with Crippen LogP contribution in [0.1, 0.15) is 110 Å². The smallest absolute Gasteiger partial charge is 0.426 e. The van der Waals surface area contributed by atoms with Gasteiger partial charge in [-0.15, -0.1) is 13.2 Å². The van der Waals surface area contributed by atoms with Gasteiger partial charge in [0.05, 0.1) is 24.6 Å². The Morgan fingerprint density at radius 3 is 1.33 bits per heavy atom. The fourth-order valence-corrected chi connectivity index (χ4v) is 6.89. The van der Waals surface area contributed by atoms with Crippen molar-refractivity contribution in [2.75, 3.05) is 10.6 Å². The first-order valence-electron chi connectivity index (χ1n) is 23.5. The molecule has 8 N–H and O–H groups in total.